The summed E-state index contributed by atoms with van der Waals surface area (Å²) < 4.78 is 1.94. The van der Waals surface area contributed by atoms with Crippen molar-refractivity contribution in [2.75, 3.05) is 0 Å². The summed E-state index contributed by atoms with van der Waals surface area (Å²) in [7, 11) is 0. The van der Waals surface area contributed by atoms with E-state index in [4.69, 9.17) is 0 Å². The lowest BCUT2D eigenvalue weighted by molar-refractivity contribution is -0.664. The molecule has 4 aromatic rings. The van der Waals surface area contributed by atoms with E-state index in [0.717, 1.165) is 0 Å². The average molecular weight is 277 g/mol. The molecule has 5 nitrogen and oxygen atoms in total. The van der Waals surface area contributed by atoms with Crippen LogP contribution in [0.2, 0.25) is 0 Å². The molecule has 0 atom stereocenters. The zero-order chi connectivity index (χ0) is 14.2. The fourth-order valence-electron chi connectivity index (χ4n) is 2.60. The lowest BCUT2D eigenvalue weighted by Gasteiger charge is -2.02. The Bertz CT molecular complexity index is 1000. The fraction of sp³-hybridized carbons (Fsp3) is 0.0625. The number of H-pyrrole nitrogens is 2. The molecule has 0 bridgehead atoms. The Morgan fingerprint density at radius 3 is 2.81 bits per heavy atom. The molecule has 0 aliphatic heterocycles. The summed E-state index contributed by atoms with van der Waals surface area (Å²) >= 11 is 0. The van der Waals surface area contributed by atoms with Crippen LogP contribution in [0.4, 0.5) is 0 Å². The van der Waals surface area contributed by atoms with E-state index in [1.807, 2.05) is 16.7 Å². The van der Waals surface area contributed by atoms with Crippen molar-refractivity contribution in [3.05, 3.63) is 71.0 Å². The van der Waals surface area contributed by atoms with Gasteiger partial charge in [-0.1, -0.05) is 41.4 Å². The molecule has 0 saturated carbocycles. The first kappa shape index (κ1) is 11.8. The molecule has 2 aromatic heterocycles. The van der Waals surface area contributed by atoms with Crippen LogP contribution >= 0.6 is 0 Å². The van der Waals surface area contributed by atoms with Gasteiger partial charge in [0.1, 0.15) is 0 Å². The Kier molecular flexibility index (Phi) is 2.57. The maximum absolute atomic E-state index is 11.7. The highest BCUT2D eigenvalue weighted by Crippen LogP contribution is 2.15. The van der Waals surface area contributed by atoms with E-state index in [9.17, 15) is 4.79 Å². The zero-order valence-electron chi connectivity index (χ0n) is 11.2. The molecule has 0 fully saturated rings. The Balaban J connectivity index is 1.79. The highest BCUT2D eigenvalue weighted by Gasteiger charge is 2.14. The van der Waals surface area contributed by atoms with Gasteiger partial charge in [-0.25, -0.2) is 4.57 Å². The second kappa shape index (κ2) is 4.56. The predicted molar refractivity (Wildman–Crippen MR) is 80.0 cm³/mol. The summed E-state index contributed by atoms with van der Waals surface area (Å²) in [6, 6.07) is 14.6. The number of aromatic nitrogens is 4. The highest BCUT2D eigenvalue weighted by molar-refractivity contribution is 5.82. The van der Waals surface area contributed by atoms with Gasteiger partial charge in [-0.15, -0.1) is 0 Å². The summed E-state index contributed by atoms with van der Waals surface area (Å²) in [6.45, 7) is 0.668. The van der Waals surface area contributed by atoms with Crippen molar-refractivity contribution in [2.45, 2.75) is 6.54 Å². The summed E-state index contributed by atoms with van der Waals surface area (Å²) in [5.41, 5.74) is 2.17. The molecule has 2 aromatic carbocycles. The van der Waals surface area contributed by atoms with Gasteiger partial charge in [-0.2, -0.15) is 0 Å². The monoisotopic (exact) mass is 277 g/mol. The zero-order valence-corrected chi connectivity index (χ0v) is 11.2. The number of rotatable bonds is 2. The normalized spacial score (nSPS) is 11.2. The second-order valence-electron chi connectivity index (χ2n) is 5.01. The molecule has 0 amide bonds. The highest BCUT2D eigenvalue weighted by atomic mass is 16.1. The third-order valence-electron chi connectivity index (χ3n) is 3.64. The van der Waals surface area contributed by atoms with Gasteiger partial charge in [0.25, 0.3) is 5.56 Å². The Morgan fingerprint density at radius 2 is 1.90 bits per heavy atom. The van der Waals surface area contributed by atoms with Crippen molar-refractivity contribution in [3.63, 3.8) is 0 Å². The van der Waals surface area contributed by atoms with Crippen LogP contribution in [0.1, 0.15) is 5.56 Å². The molecule has 0 spiro atoms. The van der Waals surface area contributed by atoms with E-state index in [2.05, 4.69) is 45.3 Å². The SMILES string of the molecule is O=c1[nH]cnc2c1[nH]c[n+]2Cc1ccc2ccccc2c1. The smallest absolute Gasteiger partial charge is 0.296 e. The predicted octanol–water partition coefficient (Wildman–Crippen LogP) is 1.74. The molecule has 0 unspecified atom stereocenters. The van der Waals surface area contributed by atoms with Crippen molar-refractivity contribution in [1.29, 1.82) is 0 Å². The molecule has 2 heterocycles. The fourth-order valence-corrected chi connectivity index (χ4v) is 2.60. The lowest BCUT2D eigenvalue weighted by Crippen LogP contribution is -2.33. The first-order chi connectivity index (χ1) is 10.3. The van der Waals surface area contributed by atoms with Gasteiger partial charge in [-0.3, -0.25) is 14.8 Å². The third kappa shape index (κ3) is 1.99. The van der Waals surface area contributed by atoms with Crippen LogP contribution in [0.3, 0.4) is 0 Å². The van der Waals surface area contributed by atoms with Crippen LogP contribution in [-0.2, 0) is 6.54 Å². The molecule has 2 N–H and O–H groups in total. The first-order valence-corrected chi connectivity index (χ1v) is 6.73. The molecule has 4 rings (SSSR count). The molecular formula is C16H13N4O+. The Labute approximate surface area is 119 Å². The minimum Gasteiger partial charge on any atom is -0.296 e. The number of nitrogens with one attached hydrogen (secondary N) is 2. The summed E-state index contributed by atoms with van der Waals surface area (Å²) in [5, 5.41) is 2.43. The van der Waals surface area contributed by atoms with E-state index >= 15 is 0 Å². The van der Waals surface area contributed by atoms with Crippen LogP contribution in [0.5, 0.6) is 0 Å². The number of nitrogens with zero attached hydrogens (tertiary/aromatic N) is 2. The molecule has 5 heteroatoms. The number of benzene rings is 2. The number of fused-ring (bicyclic) bond motifs is 2. The summed E-state index contributed by atoms with van der Waals surface area (Å²) in [5.74, 6) is 0. The molecule has 0 radical (unpaired) electrons. The van der Waals surface area contributed by atoms with Crippen LogP contribution in [0.15, 0.2) is 59.9 Å². The number of imidazole rings is 1. The molecule has 21 heavy (non-hydrogen) atoms. The topological polar surface area (TPSA) is 65.4 Å². The summed E-state index contributed by atoms with van der Waals surface area (Å²) in [4.78, 5) is 21.5. The van der Waals surface area contributed by atoms with E-state index in [-0.39, 0.29) is 5.56 Å². The van der Waals surface area contributed by atoms with Crippen molar-refractivity contribution >= 4 is 21.9 Å². The van der Waals surface area contributed by atoms with Crippen LogP contribution < -0.4 is 10.1 Å². The maximum Gasteiger partial charge on any atom is 0.309 e. The van der Waals surface area contributed by atoms with E-state index in [1.54, 1.807) is 6.33 Å². The molecule has 0 saturated heterocycles. The number of hydrogen-bond acceptors (Lipinski definition) is 2. The lowest BCUT2D eigenvalue weighted by atomic mass is 10.1. The molecule has 102 valence electrons. The Hall–Kier alpha value is -2.95. The minimum atomic E-state index is -0.155. The van der Waals surface area contributed by atoms with Crippen molar-refractivity contribution in [2.24, 2.45) is 0 Å². The van der Waals surface area contributed by atoms with Gasteiger partial charge in [-0.05, 0) is 22.4 Å². The maximum atomic E-state index is 11.7. The number of aromatic amines is 2. The van der Waals surface area contributed by atoms with E-state index < -0.39 is 0 Å². The van der Waals surface area contributed by atoms with Gasteiger partial charge in [0, 0.05) is 0 Å². The summed E-state index contributed by atoms with van der Waals surface area (Å²) in [6.07, 6.45) is 3.21. The molecule has 0 aliphatic carbocycles. The average Bonchev–Trinajstić information content (AvgIpc) is 2.92. The second-order valence-corrected chi connectivity index (χ2v) is 5.01. The molecule has 0 aliphatic rings. The van der Waals surface area contributed by atoms with Gasteiger partial charge in [0.15, 0.2) is 12.7 Å². The molecular weight excluding hydrogens is 264 g/mol. The largest absolute Gasteiger partial charge is 0.309 e. The van der Waals surface area contributed by atoms with Gasteiger partial charge >= 0.3 is 5.65 Å². The van der Waals surface area contributed by atoms with E-state index in [1.165, 1.54) is 22.7 Å². The Morgan fingerprint density at radius 1 is 1.05 bits per heavy atom. The van der Waals surface area contributed by atoms with Gasteiger partial charge in [0.05, 0.1) is 6.54 Å². The van der Waals surface area contributed by atoms with Crippen LogP contribution in [0, 0.1) is 0 Å². The number of hydrogen-bond donors (Lipinski definition) is 2. The van der Waals surface area contributed by atoms with Crippen molar-refractivity contribution in [1.82, 2.24) is 15.0 Å². The quantitative estimate of drug-likeness (QED) is 0.548. The third-order valence-corrected chi connectivity index (χ3v) is 3.64. The van der Waals surface area contributed by atoms with Crippen molar-refractivity contribution < 1.29 is 4.57 Å². The van der Waals surface area contributed by atoms with Gasteiger partial charge < -0.3 is 0 Å². The minimum absolute atomic E-state index is 0.155. The van der Waals surface area contributed by atoms with Crippen LogP contribution in [-0.4, -0.2) is 15.0 Å². The van der Waals surface area contributed by atoms with Crippen molar-refractivity contribution in [3.8, 4) is 0 Å². The standard InChI is InChI=1S/C16H12N4O/c21-16-14-15(17-9-18-16)20(10-19-14)8-11-5-6-12-3-1-2-4-13(12)7-11/h1-7,9-10H,8H2,(H,17,18,21)/p+1. The van der Waals surface area contributed by atoms with Gasteiger partial charge in [0.2, 0.25) is 5.52 Å². The first-order valence-electron chi connectivity index (χ1n) is 6.73. The van der Waals surface area contributed by atoms with E-state index in [0.29, 0.717) is 17.7 Å². The van der Waals surface area contributed by atoms with Crippen LogP contribution in [0.25, 0.3) is 21.9 Å².